The predicted molar refractivity (Wildman–Crippen MR) is 87.7 cm³/mol. The SMILES string of the molecule is O=C1c2ccccc2C2CCCC(C#Cc3ccccc3)C12. The quantitative estimate of drug-likeness (QED) is 0.655. The fraction of sp³-hybridized carbons (Fsp3) is 0.286. The first kappa shape index (κ1) is 13.3. The lowest BCUT2D eigenvalue weighted by molar-refractivity contribution is 0.0865. The van der Waals surface area contributed by atoms with Crippen LogP contribution in [0.25, 0.3) is 0 Å². The summed E-state index contributed by atoms with van der Waals surface area (Å²) >= 11 is 0. The molecule has 3 unspecified atom stereocenters. The standard InChI is InChI=1S/C21H18O/c22-21-19-11-5-4-10-17(19)18-12-6-9-16(20(18)21)14-13-15-7-2-1-3-8-15/h1-5,7-8,10-11,16,18,20H,6,9,12H2. The Hall–Kier alpha value is -2.33. The zero-order valence-electron chi connectivity index (χ0n) is 12.5. The van der Waals surface area contributed by atoms with E-state index in [2.05, 4.69) is 17.9 Å². The van der Waals surface area contributed by atoms with Crippen LogP contribution in [0.1, 0.15) is 46.7 Å². The van der Waals surface area contributed by atoms with Gasteiger partial charge in [-0.15, -0.1) is 0 Å². The highest BCUT2D eigenvalue weighted by Crippen LogP contribution is 2.48. The van der Waals surface area contributed by atoms with Gasteiger partial charge < -0.3 is 0 Å². The monoisotopic (exact) mass is 286 g/mol. The normalized spacial score (nSPS) is 25.8. The fourth-order valence-electron chi connectivity index (χ4n) is 4.00. The first-order valence-corrected chi connectivity index (χ1v) is 8.04. The van der Waals surface area contributed by atoms with Gasteiger partial charge in [-0.1, -0.05) is 60.7 Å². The molecule has 2 aliphatic rings. The molecule has 0 N–H and O–H groups in total. The van der Waals surface area contributed by atoms with Gasteiger partial charge in [0.1, 0.15) is 0 Å². The van der Waals surface area contributed by atoms with Gasteiger partial charge in [0.25, 0.3) is 0 Å². The second-order valence-electron chi connectivity index (χ2n) is 6.26. The Kier molecular flexibility index (Phi) is 3.31. The lowest BCUT2D eigenvalue weighted by atomic mass is 9.72. The maximum Gasteiger partial charge on any atom is 0.168 e. The van der Waals surface area contributed by atoms with E-state index in [0.29, 0.717) is 11.7 Å². The molecule has 22 heavy (non-hydrogen) atoms. The summed E-state index contributed by atoms with van der Waals surface area (Å²) in [5.41, 5.74) is 3.22. The van der Waals surface area contributed by atoms with Crippen LogP contribution in [0.3, 0.4) is 0 Å². The van der Waals surface area contributed by atoms with E-state index in [0.717, 1.165) is 30.4 Å². The molecule has 1 fully saturated rings. The summed E-state index contributed by atoms with van der Waals surface area (Å²) in [5, 5.41) is 0. The largest absolute Gasteiger partial charge is 0.294 e. The van der Waals surface area contributed by atoms with Crippen molar-refractivity contribution in [1.29, 1.82) is 0 Å². The molecule has 2 aromatic rings. The first-order valence-electron chi connectivity index (χ1n) is 8.04. The minimum Gasteiger partial charge on any atom is -0.294 e. The maximum absolute atomic E-state index is 12.8. The van der Waals surface area contributed by atoms with Crippen LogP contribution in [0.2, 0.25) is 0 Å². The van der Waals surface area contributed by atoms with Crippen LogP contribution < -0.4 is 0 Å². The molecular weight excluding hydrogens is 268 g/mol. The van der Waals surface area contributed by atoms with Crippen molar-refractivity contribution in [3.63, 3.8) is 0 Å². The molecule has 108 valence electrons. The molecule has 0 spiro atoms. The number of carbonyl (C=O) groups excluding carboxylic acids is 1. The molecular formula is C21H18O. The average Bonchev–Trinajstić information content (AvgIpc) is 2.88. The smallest absolute Gasteiger partial charge is 0.168 e. The van der Waals surface area contributed by atoms with Gasteiger partial charge in [-0.05, 0) is 36.5 Å². The molecule has 0 radical (unpaired) electrons. The van der Waals surface area contributed by atoms with Gasteiger partial charge >= 0.3 is 0 Å². The Bertz CT molecular complexity index is 763. The number of hydrogen-bond acceptors (Lipinski definition) is 1. The highest BCUT2D eigenvalue weighted by atomic mass is 16.1. The highest BCUT2D eigenvalue weighted by molar-refractivity contribution is 6.03. The van der Waals surface area contributed by atoms with E-state index in [1.54, 1.807) is 0 Å². The van der Waals surface area contributed by atoms with Crippen molar-refractivity contribution >= 4 is 5.78 Å². The summed E-state index contributed by atoms with van der Waals surface area (Å²) < 4.78 is 0. The minimum atomic E-state index is 0.0716. The molecule has 3 atom stereocenters. The summed E-state index contributed by atoms with van der Waals surface area (Å²) in [6.07, 6.45) is 3.33. The summed E-state index contributed by atoms with van der Waals surface area (Å²) in [7, 11) is 0. The molecule has 0 heterocycles. The van der Waals surface area contributed by atoms with Crippen molar-refractivity contribution in [3.05, 3.63) is 71.3 Å². The van der Waals surface area contributed by atoms with Crippen LogP contribution in [0.5, 0.6) is 0 Å². The number of ketones is 1. The van der Waals surface area contributed by atoms with Crippen LogP contribution in [-0.2, 0) is 0 Å². The number of Topliss-reactive ketones (excluding diaryl/α,β-unsaturated/α-hetero) is 1. The van der Waals surface area contributed by atoms with Gasteiger partial charge in [-0.2, -0.15) is 0 Å². The summed E-state index contributed by atoms with van der Waals surface area (Å²) in [5.74, 6) is 7.64. The molecule has 1 saturated carbocycles. The van der Waals surface area contributed by atoms with Crippen LogP contribution in [0, 0.1) is 23.7 Å². The van der Waals surface area contributed by atoms with Crippen molar-refractivity contribution in [3.8, 4) is 11.8 Å². The first-order chi connectivity index (χ1) is 10.8. The second kappa shape index (κ2) is 5.46. The van der Waals surface area contributed by atoms with Crippen molar-refractivity contribution in [1.82, 2.24) is 0 Å². The minimum absolute atomic E-state index is 0.0716. The predicted octanol–water partition coefficient (Wildman–Crippen LogP) is 4.43. The zero-order chi connectivity index (χ0) is 14.9. The molecule has 1 heteroatoms. The van der Waals surface area contributed by atoms with Crippen LogP contribution in [0.15, 0.2) is 54.6 Å². The molecule has 2 aromatic carbocycles. The van der Waals surface area contributed by atoms with E-state index in [9.17, 15) is 4.79 Å². The van der Waals surface area contributed by atoms with Gasteiger partial charge in [0.2, 0.25) is 0 Å². The van der Waals surface area contributed by atoms with Crippen molar-refractivity contribution < 1.29 is 4.79 Å². The molecule has 2 aliphatic carbocycles. The van der Waals surface area contributed by atoms with E-state index in [1.807, 2.05) is 48.5 Å². The Morgan fingerprint density at radius 2 is 1.68 bits per heavy atom. The Labute approximate surface area is 131 Å². The fourth-order valence-corrected chi connectivity index (χ4v) is 4.00. The molecule has 0 amide bonds. The maximum atomic E-state index is 12.8. The lowest BCUT2D eigenvalue weighted by Crippen LogP contribution is -2.27. The van der Waals surface area contributed by atoms with Crippen LogP contribution >= 0.6 is 0 Å². The molecule has 0 aromatic heterocycles. The second-order valence-corrected chi connectivity index (χ2v) is 6.26. The van der Waals surface area contributed by atoms with Crippen LogP contribution in [0.4, 0.5) is 0 Å². The van der Waals surface area contributed by atoms with Gasteiger partial charge in [0, 0.05) is 23.0 Å². The van der Waals surface area contributed by atoms with E-state index in [-0.39, 0.29) is 11.8 Å². The van der Waals surface area contributed by atoms with Crippen molar-refractivity contribution in [2.75, 3.05) is 0 Å². The number of fused-ring (bicyclic) bond motifs is 3. The third-order valence-electron chi connectivity index (χ3n) is 5.00. The Morgan fingerprint density at radius 3 is 2.55 bits per heavy atom. The van der Waals surface area contributed by atoms with E-state index in [4.69, 9.17) is 0 Å². The zero-order valence-corrected chi connectivity index (χ0v) is 12.5. The molecule has 0 saturated heterocycles. The van der Waals surface area contributed by atoms with E-state index < -0.39 is 0 Å². The number of carbonyl (C=O) groups is 1. The van der Waals surface area contributed by atoms with E-state index in [1.165, 1.54) is 5.56 Å². The van der Waals surface area contributed by atoms with Gasteiger partial charge in [0.15, 0.2) is 5.78 Å². The van der Waals surface area contributed by atoms with Crippen molar-refractivity contribution in [2.24, 2.45) is 11.8 Å². The average molecular weight is 286 g/mol. The lowest BCUT2D eigenvalue weighted by Gasteiger charge is -2.29. The van der Waals surface area contributed by atoms with Crippen molar-refractivity contribution in [2.45, 2.75) is 25.2 Å². The number of hydrogen-bond donors (Lipinski definition) is 0. The third kappa shape index (κ3) is 2.16. The summed E-state index contributed by atoms with van der Waals surface area (Å²) in [4.78, 5) is 12.8. The topological polar surface area (TPSA) is 17.1 Å². The number of benzene rings is 2. The highest BCUT2D eigenvalue weighted by Gasteiger charge is 2.45. The molecule has 4 rings (SSSR count). The third-order valence-corrected chi connectivity index (χ3v) is 5.00. The van der Waals surface area contributed by atoms with Crippen LogP contribution in [-0.4, -0.2) is 5.78 Å². The summed E-state index contributed by atoms with van der Waals surface area (Å²) in [6, 6.07) is 18.2. The molecule has 0 aliphatic heterocycles. The van der Waals surface area contributed by atoms with Gasteiger partial charge in [-0.3, -0.25) is 4.79 Å². The number of rotatable bonds is 0. The molecule has 1 nitrogen and oxygen atoms in total. The van der Waals surface area contributed by atoms with E-state index >= 15 is 0 Å². The summed E-state index contributed by atoms with van der Waals surface area (Å²) in [6.45, 7) is 0. The van der Waals surface area contributed by atoms with Gasteiger partial charge in [-0.25, -0.2) is 0 Å². The Morgan fingerprint density at radius 1 is 0.909 bits per heavy atom. The van der Waals surface area contributed by atoms with Gasteiger partial charge in [0.05, 0.1) is 0 Å². The Balaban J connectivity index is 1.67. The molecule has 0 bridgehead atoms.